The molecular formula is C70H135N2O6P. The van der Waals surface area contributed by atoms with Crippen LogP contribution in [0.15, 0.2) is 48.6 Å². The first-order valence-corrected chi connectivity index (χ1v) is 36.0. The number of amides is 1. The van der Waals surface area contributed by atoms with Crippen LogP contribution >= 0.6 is 7.82 Å². The quantitative estimate of drug-likeness (QED) is 0.0272. The molecule has 79 heavy (non-hydrogen) atoms. The number of hydrogen-bond acceptors (Lipinski definition) is 6. The summed E-state index contributed by atoms with van der Waals surface area (Å²) < 4.78 is 23.4. The van der Waals surface area contributed by atoms with Crippen LogP contribution in [0.3, 0.4) is 0 Å². The maximum atomic E-state index is 13.0. The summed E-state index contributed by atoms with van der Waals surface area (Å²) >= 11 is 0. The molecule has 9 heteroatoms. The molecule has 0 bridgehead atoms. The van der Waals surface area contributed by atoms with E-state index in [0.717, 1.165) is 51.4 Å². The normalized spacial score (nSPS) is 14.0. The van der Waals surface area contributed by atoms with Crippen molar-refractivity contribution in [1.29, 1.82) is 0 Å². The van der Waals surface area contributed by atoms with Crippen LogP contribution in [-0.2, 0) is 18.4 Å². The van der Waals surface area contributed by atoms with Crippen LogP contribution in [0.4, 0.5) is 0 Å². The van der Waals surface area contributed by atoms with E-state index in [1.165, 1.54) is 270 Å². The lowest BCUT2D eigenvalue weighted by Crippen LogP contribution is -2.45. The Morgan fingerprint density at radius 3 is 1.06 bits per heavy atom. The Morgan fingerprint density at radius 2 is 0.734 bits per heavy atom. The predicted octanol–water partition coefficient (Wildman–Crippen LogP) is 21.2. The minimum Gasteiger partial charge on any atom is -0.756 e. The van der Waals surface area contributed by atoms with Crippen molar-refractivity contribution in [3.8, 4) is 0 Å². The van der Waals surface area contributed by atoms with Gasteiger partial charge in [-0.05, 0) is 57.8 Å². The van der Waals surface area contributed by atoms with Crippen molar-refractivity contribution in [2.75, 3.05) is 40.9 Å². The monoisotopic (exact) mass is 1130 g/mol. The number of hydrogen-bond donors (Lipinski definition) is 2. The molecule has 3 unspecified atom stereocenters. The van der Waals surface area contributed by atoms with Gasteiger partial charge in [-0.15, -0.1) is 0 Å². The number of nitrogens with one attached hydrogen (secondary N) is 1. The summed E-state index contributed by atoms with van der Waals surface area (Å²) in [6.45, 7) is 4.69. The second-order valence-corrected chi connectivity index (χ2v) is 26.3. The Bertz CT molecular complexity index is 1430. The van der Waals surface area contributed by atoms with E-state index in [0.29, 0.717) is 17.4 Å². The molecule has 0 radical (unpaired) electrons. The van der Waals surface area contributed by atoms with E-state index in [1.807, 2.05) is 27.2 Å². The highest BCUT2D eigenvalue weighted by molar-refractivity contribution is 7.45. The average Bonchev–Trinajstić information content (AvgIpc) is 3.42. The van der Waals surface area contributed by atoms with E-state index in [2.05, 4.69) is 55.6 Å². The zero-order valence-corrected chi connectivity index (χ0v) is 54.2. The highest BCUT2D eigenvalue weighted by atomic mass is 31.2. The molecule has 0 spiro atoms. The molecule has 0 aromatic heterocycles. The lowest BCUT2D eigenvalue weighted by atomic mass is 10.0. The fraction of sp³-hybridized carbons (Fsp3) is 0.871. The third kappa shape index (κ3) is 63.9. The summed E-state index contributed by atoms with van der Waals surface area (Å²) in [7, 11) is 1.28. The van der Waals surface area contributed by atoms with E-state index < -0.39 is 20.0 Å². The average molecular weight is 1130 g/mol. The first-order valence-electron chi connectivity index (χ1n) is 34.5. The number of aliphatic hydroxyl groups excluding tert-OH is 1. The van der Waals surface area contributed by atoms with Gasteiger partial charge >= 0.3 is 0 Å². The first kappa shape index (κ1) is 77.5. The van der Waals surface area contributed by atoms with Gasteiger partial charge in [-0.3, -0.25) is 9.36 Å². The number of carbonyl (C=O) groups is 1. The number of nitrogens with zero attached hydrogens (tertiary/aromatic N) is 1. The topological polar surface area (TPSA) is 108 Å². The Balaban J connectivity index is 4.02. The third-order valence-corrected chi connectivity index (χ3v) is 16.7. The van der Waals surface area contributed by atoms with Crippen LogP contribution in [0, 0.1) is 0 Å². The van der Waals surface area contributed by atoms with Gasteiger partial charge in [0.2, 0.25) is 5.91 Å². The van der Waals surface area contributed by atoms with E-state index >= 15 is 0 Å². The molecule has 0 fully saturated rings. The molecule has 8 nitrogen and oxygen atoms in total. The molecule has 0 aromatic rings. The summed E-state index contributed by atoms with van der Waals surface area (Å²) in [5.74, 6) is -0.191. The SMILES string of the molecule is CCCCCCC/C=C\C/C=C\C/C=C\CCCCCCCCCCCCCCCCCCCCCCC(=O)NC(COP(=O)([O-])OCC[N+](C)(C)C)C(O)/C=C/CCCCCCCCCCCCCCCCCCCCCC. The van der Waals surface area contributed by atoms with Crippen LogP contribution in [0.5, 0.6) is 0 Å². The van der Waals surface area contributed by atoms with Crippen molar-refractivity contribution >= 4 is 13.7 Å². The maximum absolute atomic E-state index is 13.0. The Kier molecular flexibility index (Phi) is 59.8. The van der Waals surface area contributed by atoms with Crippen LogP contribution in [0.25, 0.3) is 0 Å². The standard InChI is InChI=1S/C70H135N2O6P/c1-6-8-10-12-14-16-18-20-22-24-26-28-30-31-32-33-34-35-36-37-38-39-40-41-42-44-46-48-50-52-54-56-58-60-62-64-70(74)71-68(67-78-79(75,76)77-66-65-72(3,4)5)69(73)63-61-59-57-55-53-51-49-47-45-43-29-27-25-23-21-19-17-15-13-11-9-7-2/h18,20,24,26,30-31,61,63,68-69,73H,6-17,19,21-23,25,27-29,32-60,62,64-67H2,1-5H3,(H-,71,74,75,76)/b20-18-,26-24-,31-30-,63-61+. The molecular weight excluding hydrogens is 996 g/mol. The molecule has 0 aliphatic rings. The maximum Gasteiger partial charge on any atom is 0.268 e. The molecule has 0 aliphatic heterocycles. The summed E-state index contributed by atoms with van der Waals surface area (Å²) in [5.41, 5.74) is 0. The molecule has 466 valence electrons. The van der Waals surface area contributed by atoms with Crippen molar-refractivity contribution in [2.24, 2.45) is 0 Å². The van der Waals surface area contributed by atoms with Crippen molar-refractivity contribution in [1.82, 2.24) is 5.32 Å². The molecule has 2 N–H and O–H groups in total. The van der Waals surface area contributed by atoms with Gasteiger partial charge in [-0.2, -0.15) is 0 Å². The number of unbranched alkanes of at least 4 members (excludes halogenated alkanes) is 45. The highest BCUT2D eigenvalue weighted by Gasteiger charge is 2.23. The second-order valence-electron chi connectivity index (χ2n) is 24.9. The number of phosphoric acid groups is 1. The molecule has 0 heterocycles. The van der Waals surface area contributed by atoms with E-state index in [-0.39, 0.29) is 19.1 Å². The number of aliphatic hydroxyl groups is 1. The summed E-state index contributed by atoms with van der Waals surface area (Å²) in [6, 6.07) is -0.887. The summed E-state index contributed by atoms with van der Waals surface area (Å²) in [5, 5.41) is 14.0. The molecule has 0 aliphatic carbocycles. The van der Waals surface area contributed by atoms with Gasteiger partial charge in [0.1, 0.15) is 13.2 Å². The molecule has 0 rings (SSSR count). The van der Waals surface area contributed by atoms with Crippen LogP contribution in [0.1, 0.15) is 341 Å². The summed E-state index contributed by atoms with van der Waals surface area (Å²) in [6.07, 6.45) is 82.2. The lowest BCUT2D eigenvalue weighted by molar-refractivity contribution is -0.870. The van der Waals surface area contributed by atoms with Gasteiger partial charge < -0.3 is 28.8 Å². The van der Waals surface area contributed by atoms with Gasteiger partial charge in [0.15, 0.2) is 0 Å². The van der Waals surface area contributed by atoms with E-state index in [9.17, 15) is 19.4 Å². The highest BCUT2D eigenvalue weighted by Crippen LogP contribution is 2.38. The number of phosphoric ester groups is 1. The van der Waals surface area contributed by atoms with Crippen molar-refractivity contribution in [3.05, 3.63) is 48.6 Å². The first-order chi connectivity index (χ1) is 38.5. The Labute approximate surface area is 492 Å². The second kappa shape index (κ2) is 61.0. The minimum absolute atomic E-state index is 0.000402. The largest absolute Gasteiger partial charge is 0.756 e. The number of allylic oxidation sites excluding steroid dienone is 7. The van der Waals surface area contributed by atoms with Gasteiger partial charge in [-0.1, -0.05) is 326 Å². The van der Waals surface area contributed by atoms with Gasteiger partial charge in [0.25, 0.3) is 7.82 Å². The molecule has 1 amide bonds. The minimum atomic E-state index is -4.60. The lowest BCUT2D eigenvalue weighted by Gasteiger charge is -2.29. The van der Waals surface area contributed by atoms with Crippen LogP contribution in [-0.4, -0.2) is 68.5 Å². The van der Waals surface area contributed by atoms with Crippen LogP contribution < -0.4 is 10.2 Å². The number of rotatable bonds is 64. The fourth-order valence-corrected chi connectivity index (χ4v) is 11.1. The zero-order valence-electron chi connectivity index (χ0n) is 53.3. The predicted molar refractivity (Wildman–Crippen MR) is 344 cm³/mol. The van der Waals surface area contributed by atoms with Crippen LogP contribution in [0.2, 0.25) is 0 Å². The molecule has 0 aromatic carbocycles. The van der Waals surface area contributed by atoms with E-state index in [1.54, 1.807) is 6.08 Å². The van der Waals surface area contributed by atoms with Crippen molar-refractivity contribution < 1.29 is 32.9 Å². The zero-order chi connectivity index (χ0) is 57.7. The van der Waals surface area contributed by atoms with Gasteiger partial charge in [-0.25, -0.2) is 0 Å². The molecule has 0 saturated carbocycles. The number of quaternary nitrogens is 1. The van der Waals surface area contributed by atoms with E-state index in [4.69, 9.17) is 9.05 Å². The van der Waals surface area contributed by atoms with Gasteiger partial charge in [0, 0.05) is 6.42 Å². The fourth-order valence-electron chi connectivity index (χ4n) is 10.4. The van der Waals surface area contributed by atoms with Crippen molar-refractivity contribution in [2.45, 2.75) is 353 Å². The van der Waals surface area contributed by atoms with Crippen molar-refractivity contribution in [3.63, 3.8) is 0 Å². The van der Waals surface area contributed by atoms with Gasteiger partial charge in [0.05, 0.1) is 39.9 Å². The molecule has 0 saturated heterocycles. The summed E-state index contributed by atoms with van der Waals surface area (Å²) in [4.78, 5) is 25.6. The third-order valence-electron chi connectivity index (χ3n) is 15.8. The number of likely N-dealkylation sites (N-methyl/N-ethyl adjacent to an activating group) is 1. The number of carbonyl (C=O) groups excluding carboxylic acids is 1. The molecule has 3 atom stereocenters. The Hall–Kier alpha value is -1.54. The Morgan fingerprint density at radius 1 is 0.443 bits per heavy atom. The smallest absolute Gasteiger partial charge is 0.268 e.